The minimum atomic E-state index is -6.69. The number of pyridine rings is 1. The molecule has 244 valence electrons. The number of anilines is 1. The molecule has 0 spiro atoms. The smallest absolute Gasteiger partial charge is 0.460 e. The molecule has 3 rings (SSSR count). The van der Waals surface area contributed by atoms with E-state index in [-0.39, 0.29) is 41.9 Å². The number of benzene rings is 1. The highest BCUT2D eigenvalue weighted by Gasteiger charge is 2.73. The van der Waals surface area contributed by atoms with Crippen LogP contribution in [0, 0.1) is 15.9 Å². The summed E-state index contributed by atoms with van der Waals surface area (Å²) in [5.41, 5.74) is -3.27. The number of nitro groups is 1. The number of carbonyl (C=O) groups excluding carboxylic acids is 2. The van der Waals surface area contributed by atoms with Crippen LogP contribution >= 0.6 is 11.8 Å². The zero-order valence-electron chi connectivity index (χ0n) is 22.8. The highest BCUT2D eigenvalue weighted by atomic mass is 32.2. The normalized spacial score (nSPS) is 12.3. The number of nitrogens with zero attached hydrogens (tertiary/aromatic N) is 7. The first-order valence-corrected chi connectivity index (χ1v) is 13.0. The van der Waals surface area contributed by atoms with E-state index in [1.807, 2.05) is 0 Å². The molecule has 0 aliphatic heterocycles. The fourth-order valence-electron chi connectivity index (χ4n) is 3.27. The third kappa shape index (κ3) is 8.17. The van der Waals surface area contributed by atoms with E-state index < -0.39 is 63.3 Å². The number of nitro benzene ring substituents is 1. The number of amides is 1. The Labute approximate surface area is 251 Å². The minimum absolute atomic E-state index is 0.00345. The van der Waals surface area contributed by atoms with Crippen molar-refractivity contribution in [1.82, 2.24) is 30.1 Å². The van der Waals surface area contributed by atoms with Crippen LogP contribution in [0.5, 0.6) is 0 Å². The maximum atomic E-state index is 14.6. The predicted molar refractivity (Wildman–Crippen MR) is 136 cm³/mol. The first-order chi connectivity index (χ1) is 20.8. The van der Waals surface area contributed by atoms with Gasteiger partial charge in [0.1, 0.15) is 6.61 Å². The van der Waals surface area contributed by atoms with Crippen molar-refractivity contribution in [1.29, 1.82) is 0 Å². The van der Waals surface area contributed by atoms with Crippen LogP contribution < -0.4 is 5.32 Å². The van der Waals surface area contributed by atoms with Crippen LogP contribution in [0.1, 0.15) is 22.3 Å². The Hall–Kier alpha value is -4.47. The number of ether oxygens (including phenoxy) is 1. The van der Waals surface area contributed by atoms with E-state index in [0.717, 1.165) is 18.2 Å². The number of tetrazole rings is 1. The van der Waals surface area contributed by atoms with Crippen LogP contribution in [0.3, 0.4) is 0 Å². The predicted octanol–water partition coefficient (Wildman–Crippen LogP) is 4.30. The summed E-state index contributed by atoms with van der Waals surface area (Å²) in [6.45, 7) is 0.254. The van der Waals surface area contributed by atoms with Crippen LogP contribution in [0.2, 0.25) is 0 Å². The summed E-state index contributed by atoms with van der Waals surface area (Å²) in [6.07, 6.45) is -6.76. The van der Waals surface area contributed by atoms with E-state index in [9.17, 15) is 54.8 Å². The summed E-state index contributed by atoms with van der Waals surface area (Å²) in [7, 11) is 3.53. The first-order valence-electron chi connectivity index (χ1n) is 12.2. The van der Waals surface area contributed by atoms with Gasteiger partial charge < -0.3 is 15.0 Å². The third-order valence-electron chi connectivity index (χ3n) is 5.63. The second kappa shape index (κ2) is 13.7. The molecule has 2 heterocycles. The number of halogens is 8. The molecule has 1 amide bonds. The molecule has 0 fully saturated rings. The van der Waals surface area contributed by atoms with Crippen molar-refractivity contribution < 1.29 is 54.4 Å². The highest BCUT2D eigenvalue weighted by Crippen LogP contribution is 2.51. The van der Waals surface area contributed by atoms with Crippen LogP contribution in [-0.4, -0.2) is 86.2 Å². The van der Waals surface area contributed by atoms with Crippen molar-refractivity contribution in [3.63, 3.8) is 0 Å². The Morgan fingerprint density at radius 3 is 2.42 bits per heavy atom. The Kier molecular flexibility index (Phi) is 10.6. The van der Waals surface area contributed by atoms with E-state index in [2.05, 4.69) is 20.5 Å². The summed E-state index contributed by atoms with van der Waals surface area (Å²) < 4.78 is 113. The average Bonchev–Trinajstić information content (AvgIpc) is 3.38. The van der Waals surface area contributed by atoms with Crippen molar-refractivity contribution >= 4 is 35.1 Å². The lowest BCUT2D eigenvalue weighted by molar-refractivity contribution is -0.384. The summed E-state index contributed by atoms with van der Waals surface area (Å²) in [5, 5.41) is 24.1. The molecule has 1 aromatic carbocycles. The standard InChI is InChI=1S/C23H20F8N8O5S/c1-37(2)6-5-17(40)44-8-7-38-20(34-35-36-38)45-16-4-3-13(39(42)43)10-14(16)19(41)33-18-15(24)9-12(11-32-18)21(25,26)22(27,28)23(29,30)31/h3-4,9-11H,5-8H2,1-2H3,(H,32,33,41). The van der Waals surface area contributed by atoms with Crippen molar-refractivity contribution in [3.05, 3.63) is 57.5 Å². The van der Waals surface area contributed by atoms with E-state index in [1.165, 1.54) is 4.68 Å². The largest absolute Gasteiger partial charge is 0.464 e. The van der Waals surface area contributed by atoms with Gasteiger partial charge in [-0.2, -0.15) is 30.7 Å². The molecule has 13 nitrogen and oxygen atoms in total. The molecular formula is C23H20F8N8O5S. The molecule has 45 heavy (non-hydrogen) atoms. The Balaban J connectivity index is 1.83. The molecular weight excluding hydrogens is 652 g/mol. The fourth-order valence-corrected chi connectivity index (χ4v) is 4.18. The third-order valence-corrected chi connectivity index (χ3v) is 6.69. The minimum Gasteiger partial charge on any atom is -0.464 e. The molecule has 0 bridgehead atoms. The Morgan fingerprint density at radius 1 is 1.13 bits per heavy atom. The number of alkyl halides is 7. The first kappa shape index (κ1) is 35.0. The number of carbonyl (C=O) groups is 2. The van der Waals surface area contributed by atoms with Gasteiger partial charge in [-0.3, -0.25) is 19.7 Å². The van der Waals surface area contributed by atoms with Gasteiger partial charge in [0, 0.05) is 35.3 Å². The van der Waals surface area contributed by atoms with Crippen LogP contribution in [0.4, 0.5) is 46.6 Å². The van der Waals surface area contributed by atoms with Gasteiger partial charge in [-0.1, -0.05) is 0 Å². The number of hydrogen-bond donors (Lipinski definition) is 1. The van der Waals surface area contributed by atoms with E-state index in [0.29, 0.717) is 18.3 Å². The number of rotatable bonds is 13. The van der Waals surface area contributed by atoms with Crippen LogP contribution in [0.25, 0.3) is 0 Å². The van der Waals surface area contributed by atoms with Crippen molar-refractivity contribution in [3.8, 4) is 0 Å². The molecule has 3 aromatic rings. The average molecular weight is 673 g/mol. The van der Waals surface area contributed by atoms with Crippen molar-refractivity contribution in [2.45, 2.75) is 41.0 Å². The number of non-ortho nitro benzene ring substituents is 1. The van der Waals surface area contributed by atoms with E-state index in [4.69, 9.17) is 4.74 Å². The summed E-state index contributed by atoms with van der Waals surface area (Å²) in [5.74, 6) is -17.4. The maximum Gasteiger partial charge on any atom is 0.460 e. The molecule has 1 N–H and O–H groups in total. The zero-order chi connectivity index (χ0) is 33.7. The second-order valence-electron chi connectivity index (χ2n) is 9.15. The molecule has 2 aromatic heterocycles. The molecule has 22 heteroatoms. The van der Waals surface area contributed by atoms with Gasteiger partial charge >= 0.3 is 24.0 Å². The van der Waals surface area contributed by atoms with Gasteiger partial charge in [0.15, 0.2) is 11.6 Å². The van der Waals surface area contributed by atoms with Gasteiger partial charge in [-0.05, 0) is 48.4 Å². The Morgan fingerprint density at radius 2 is 1.82 bits per heavy atom. The lowest BCUT2D eigenvalue weighted by atomic mass is 10.0. The quantitative estimate of drug-likeness (QED) is 0.119. The fraction of sp³-hybridized carbons (Fsp3) is 0.391. The number of esters is 1. The molecule has 0 aliphatic carbocycles. The highest BCUT2D eigenvalue weighted by molar-refractivity contribution is 7.99. The molecule has 0 saturated carbocycles. The SMILES string of the molecule is CN(C)CCC(=O)OCCn1nnnc1Sc1ccc([N+](=O)[O-])cc1C(=O)Nc1ncc(C(F)(F)C(F)(F)C(F)(F)F)cc1F. The van der Waals surface area contributed by atoms with E-state index >= 15 is 0 Å². The Bertz CT molecular complexity index is 1570. The van der Waals surface area contributed by atoms with Gasteiger partial charge in [0.05, 0.1) is 23.5 Å². The zero-order valence-corrected chi connectivity index (χ0v) is 23.6. The van der Waals surface area contributed by atoms with Crippen LogP contribution in [0.15, 0.2) is 40.5 Å². The van der Waals surface area contributed by atoms with Gasteiger partial charge in [0.2, 0.25) is 5.16 Å². The van der Waals surface area contributed by atoms with Crippen LogP contribution in [-0.2, 0) is 22.0 Å². The molecule has 0 atom stereocenters. The molecule has 0 saturated heterocycles. The summed E-state index contributed by atoms with van der Waals surface area (Å²) in [4.78, 5) is 40.0. The monoisotopic (exact) mass is 672 g/mol. The number of hydrogen-bond acceptors (Lipinski definition) is 11. The topological polar surface area (TPSA) is 158 Å². The molecule has 0 unspecified atom stereocenters. The second-order valence-corrected chi connectivity index (χ2v) is 10.2. The van der Waals surface area contributed by atoms with Gasteiger partial charge in [-0.15, -0.1) is 5.10 Å². The van der Waals surface area contributed by atoms with Crippen molar-refractivity contribution in [2.75, 3.05) is 32.6 Å². The lowest BCUT2D eigenvalue weighted by Gasteiger charge is -2.28. The van der Waals surface area contributed by atoms with E-state index in [1.54, 1.807) is 24.3 Å². The summed E-state index contributed by atoms with van der Waals surface area (Å²) in [6, 6.07) is 2.48. The number of nitrogens with one attached hydrogen (secondary N) is 1. The van der Waals surface area contributed by atoms with Gasteiger partial charge in [0.25, 0.3) is 11.6 Å². The van der Waals surface area contributed by atoms with Crippen molar-refractivity contribution in [2.24, 2.45) is 0 Å². The molecule has 0 aliphatic rings. The maximum absolute atomic E-state index is 14.6. The lowest BCUT2D eigenvalue weighted by Crippen LogP contribution is -2.50. The van der Waals surface area contributed by atoms with Gasteiger partial charge in [-0.25, -0.2) is 14.1 Å². The summed E-state index contributed by atoms with van der Waals surface area (Å²) >= 11 is 0.688. The number of aromatic nitrogens is 5. The molecule has 0 radical (unpaired) electrons.